The monoisotopic (exact) mass is 318 g/mol. The average molecular weight is 318 g/mol. The molecule has 0 unspecified atom stereocenters. The number of benzene rings is 3. The molecule has 3 aromatic rings. The predicted octanol–water partition coefficient (Wildman–Crippen LogP) is 6.78. The number of aryl methyl sites for hydroxylation is 2. The lowest BCUT2D eigenvalue weighted by molar-refractivity contribution is 0.108. The van der Waals surface area contributed by atoms with Crippen molar-refractivity contribution in [1.29, 1.82) is 0 Å². The smallest absolute Gasteiger partial charge is 0.136 e. The van der Waals surface area contributed by atoms with Gasteiger partial charge in [-0.05, 0) is 44.7 Å². The van der Waals surface area contributed by atoms with Gasteiger partial charge in [0.15, 0.2) is 0 Å². The minimum Gasteiger partial charge on any atom is -0.482 e. The average Bonchev–Trinajstić information content (AvgIpc) is 2.56. The zero-order valence-electron chi connectivity index (χ0n) is 15.5. The molecular formula is C23H26O. The van der Waals surface area contributed by atoms with E-state index in [0.29, 0.717) is 0 Å². The summed E-state index contributed by atoms with van der Waals surface area (Å²) < 4.78 is 6.45. The van der Waals surface area contributed by atoms with Crippen LogP contribution in [0.3, 0.4) is 0 Å². The highest BCUT2D eigenvalue weighted by Gasteiger charge is 2.33. The third kappa shape index (κ3) is 2.58. The van der Waals surface area contributed by atoms with Gasteiger partial charge in [-0.3, -0.25) is 0 Å². The summed E-state index contributed by atoms with van der Waals surface area (Å²) in [5.74, 6) is 1.01. The molecule has 24 heavy (non-hydrogen) atoms. The highest BCUT2D eigenvalue weighted by molar-refractivity contribution is 5.97. The van der Waals surface area contributed by atoms with Crippen molar-refractivity contribution < 1.29 is 4.74 Å². The Balaban J connectivity index is 0.000000815. The normalized spacial score (nSPS) is 14.1. The van der Waals surface area contributed by atoms with Crippen molar-refractivity contribution in [2.24, 2.45) is 0 Å². The van der Waals surface area contributed by atoms with Crippen molar-refractivity contribution in [2.75, 3.05) is 0 Å². The van der Waals surface area contributed by atoms with Crippen LogP contribution >= 0.6 is 0 Å². The molecule has 0 aromatic heterocycles. The first-order chi connectivity index (χ1) is 11.5. The van der Waals surface area contributed by atoms with Gasteiger partial charge < -0.3 is 4.74 Å². The molecule has 0 bridgehead atoms. The highest BCUT2D eigenvalue weighted by atomic mass is 16.5. The van der Waals surface area contributed by atoms with E-state index in [1.807, 2.05) is 13.8 Å². The van der Waals surface area contributed by atoms with Crippen molar-refractivity contribution >= 4 is 10.8 Å². The summed E-state index contributed by atoms with van der Waals surface area (Å²) in [5, 5.41) is 2.44. The van der Waals surface area contributed by atoms with Crippen LogP contribution in [-0.2, 0) is 5.60 Å². The molecule has 124 valence electrons. The second-order valence-electron chi connectivity index (χ2n) is 6.83. The lowest BCUT2D eigenvalue weighted by Crippen LogP contribution is -2.29. The number of hydrogen-bond acceptors (Lipinski definition) is 1. The van der Waals surface area contributed by atoms with Gasteiger partial charge >= 0.3 is 0 Å². The van der Waals surface area contributed by atoms with Crippen LogP contribution in [0.5, 0.6) is 5.75 Å². The van der Waals surface area contributed by atoms with E-state index < -0.39 is 0 Å². The maximum atomic E-state index is 6.45. The Bertz CT molecular complexity index is 903. The molecule has 4 rings (SSSR count). The molecule has 0 atom stereocenters. The fourth-order valence-corrected chi connectivity index (χ4v) is 3.44. The maximum absolute atomic E-state index is 6.45. The van der Waals surface area contributed by atoms with Crippen molar-refractivity contribution in [2.45, 2.75) is 47.1 Å². The minimum atomic E-state index is -0.312. The van der Waals surface area contributed by atoms with Crippen LogP contribution in [0.25, 0.3) is 21.9 Å². The van der Waals surface area contributed by atoms with Crippen LogP contribution in [0.4, 0.5) is 0 Å². The fraction of sp³-hybridized carbons (Fsp3) is 0.304. The first-order valence-electron chi connectivity index (χ1n) is 8.79. The SMILES string of the molecule is CC.Cc1ccc2c(c1)C(C)(C)Oc1c-2ccc2cc(C)ccc12. The van der Waals surface area contributed by atoms with Gasteiger partial charge in [-0.25, -0.2) is 0 Å². The van der Waals surface area contributed by atoms with Gasteiger partial charge in [-0.1, -0.05) is 67.4 Å². The Labute approximate surface area is 145 Å². The summed E-state index contributed by atoms with van der Waals surface area (Å²) in [5.41, 5.74) is 6.00. The second-order valence-corrected chi connectivity index (χ2v) is 6.83. The van der Waals surface area contributed by atoms with Gasteiger partial charge in [-0.15, -0.1) is 0 Å². The van der Waals surface area contributed by atoms with Gasteiger partial charge in [0.1, 0.15) is 11.4 Å². The third-order valence-electron chi connectivity index (χ3n) is 4.60. The third-order valence-corrected chi connectivity index (χ3v) is 4.60. The molecule has 0 fully saturated rings. The van der Waals surface area contributed by atoms with Gasteiger partial charge in [0.05, 0.1) is 0 Å². The van der Waals surface area contributed by atoms with Crippen LogP contribution in [0, 0.1) is 13.8 Å². The molecule has 0 radical (unpaired) electrons. The molecule has 1 aliphatic rings. The Morgan fingerprint density at radius 3 is 2.12 bits per heavy atom. The zero-order valence-corrected chi connectivity index (χ0v) is 15.5. The lowest BCUT2D eigenvalue weighted by atomic mass is 9.84. The van der Waals surface area contributed by atoms with Crippen LogP contribution < -0.4 is 4.74 Å². The molecule has 3 aromatic carbocycles. The summed E-state index contributed by atoms with van der Waals surface area (Å²) in [6.07, 6.45) is 0. The van der Waals surface area contributed by atoms with Crippen LogP contribution in [0.15, 0.2) is 48.5 Å². The molecule has 0 spiro atoms. The molecule has 0 N–H and O–H groups in total. The van der Waals surface area contributed by atoms with Crippen molar-refractivity contribution in [3.8, 4) is 16.9 Å². The first kappa shape index (κ1) is 16.6. The second kappa shape index (κ2) is 5.98. The summed E-state index contributed by atoms with van der Waals surface area (Å²) in [6, 6.07) is 17.6. The van der Waals surface area contributed by atoms with Crippen molar-refractivity contribution in [3.63, 3.8) is 0 Å². The Kier molecular flexibility index (Phi) is 4.13. The topological polar surface area (TPSA) is 9.23 Å². The van der Waals surface area contributed by atoms with Gasteiger partial charge in [0.25, 0.3) is 0 Å². The summed E-state index contributed by atoms with van der Waals surface area (Å²) >= 11 is 0. The van der Waals surface area contributed by atoms with E-state index >= 15 is 0 Å². The van der Waals surface area contributed by atoms with Gasteiger partial charge in [0.2, 0.25) is 0 Å². The van der Waals surface area contributed by atoms with Gasteiger partial charge in [0, 0.05) is 16.5 Å². The van der Waals surface area contributed by atoms with Crippen LogP contribution in [0.2, 0.25) is 0 Å². The fourth-order valence-electron chi connectivity index (χ4n) is 3.44. The van der Waals surface area contributed by atoms with E-state index in [-0.39, 0.29) is 5.60 Å². The van der Waals surface area contributed by atoms with E-state index in [4.69, 9.17) is 4.74 Å². The first-order valence-corrected chi connectivity index (χ1v) is 8.79. The van der Waals surface area contributed by atoms with E-state index in [1.54, 1.807) is 0 Å². The molecule has 1 heterocycles. The molecule has 0 aliphatic carbocycles. The van der Waals surface area contributed by atoms with Gasteiger partial charge in [-0.2, -0.15) is 0 Å². The lowest BCUT2D eigenvalue weighted by Gasteiger charge is -2.36. The molecule has 0 saturated heterocycles. The number of fused-ring (bicyclic) bond motifs is 5. The molecular weight excluding hydrogens is 292 g/mol. The minimum absolute atomic E-state index is 0.312. The van der Waals surface area contributed by atoms with E-state index in [1.165, 1.54) is 38.6 Å². The Hall–Kier alpha value is -2.28. The Morgan fingerprint density at radius 2 is 1.38 bits per heavy atom. The van der Waals surface area contributed by atoms with Crippen LogP contribution in [-0.4, -0.2) is 0 Å². The largest absolute Gasteiger partial charge is 0.482 e. The summed E-state index contributed by atoms with van der Waals surface area (Å²) in [4.78, 5) is 0. The molecule has 1 nitrogen and oxygen atoms in total. The van der Waals surface area contributed by atoms with Crippen molar-refractivity contribution in [1.82, 2.24) is 0 Å². The zero-order chi connectivity index (χ0) is 17.5. The number of ether oxygens (including phenoxy) is 1. The van der Waals surface area contributed by atoms with Crippen molar-refractivity contribution in [3.05, 3.63) is 65.2 Å². The standard InChI is InChI=1S/C21H20O.C2H6/c1-13-5-8-16-15(11-13)7-10-18-17-9-6-14(2)12-19(17)21(3,4)22-20(16)18;1-2/h5-12H,1-4H3;1-2H3. The number of rotatable bonds is 0. The maximum Gasteiger partial charge on any atom is 0.136 e. The summed E-state index contributed by atoms with van der Waals surface area (Å²) in [7, 11) is 0. The van der Waals surface area contributed by atoms with E-state index in [9.17, 15) is 0 Å². The molecule has 0 amide bonds. The molecule has 1 aliphatic heterocycles. The predicted molar refractivity (Wildman–Crippen MR) is 104 cm³/mol. The van der Waals surface area contributed by atoms with E-state index in [0.717, 1.165) is 5.75 Å². The number of hydrogen-bond donors (Lipinski definition) is 0. The molecule has 1 heteroatoms. The summed E-state index contributed by atoms with van der Waals surface area (Å²) in [6.45, 7) is 12.6. The Morgan fingerprint density at radius 1 is 0.750 bits per heavy atom. The quantitative estimate of drug-likeness (QED) is 0.444. The van der Waals surface area contributed by atoms with E-state index in [2.05, 4.69) is 76.2 Å². The van der Waals surface area contributed by atoms with Crippen LogP contribution in [0.1, 0.15) is 44.4 Å². The molecule has 0 saturated carbocycles. The highest BCUT2D eigenvalue weighted by Crippen LogP contribution is 2.48.